The second-order valence-electron chi connectivity index (χ2n) is 6.89. The maximum Gasteiger partial charge on any atom is 0.251 e. The number of halogens is 1. The van der Waals surface area contributed by atoms with E-state index in [1.54, 1.807) is 17.0 Å². The summed E-state index contributed by atoms with van der Waals surface area (Å²) in [5.74, 6) is 0.611. The van der Waals surface area contributed by atoms with Crippen LogP contribution in [0.25, 0.3) is 0 Å². The van der Waals surface area contributed by atoms with Crippen molar-refractivity contribution in [2.75, 3.05) is 34.4 Å². The summed E-state index contributed by atoms with van der Waals surface area (Å²) in [5, 5.41) is 3.35. The number of carbonyl (C=O) groups excluding carboxylic acids is 2. The van der Waals surface area contributed by atoms with Gasteiger partial charge in [0.25, 0.3) is 5.91 Å². The standard InChI is InChI=1S/C22H25ClN2O5/c1-28-18-11-15(12-19(29-2)21(18)30-3)22(27)24-13-20(26)25-10-4-5-17(25)14-6-8-16(23)9-7-14/h6-9,11-12,17H,4-5,10,13H2,1-3H3,(H,24,27). The van der Waals surface area contributed by atoms with Crippen LogP contribution in [0.1, 0.15) is 34.8 Å². The smallest absolute Gasteiger partial charge is 0.251 e. The van der Waals surface area contributed by atoms with Crippen molar-refractivity contribution in [3.8, 4) is 17.2 Å². The van der Waals surface area contributed by atoms with Gasteiger partial charge in [0, 0.05) is 17.1 Å². The Kier molecular flexibility index (Phi) is 7.05. The third-order valence-electron chi connectivity index (χ3n) is 5.16. The van der Waals surface area contributed by atoms with Gasteiger partial charge in [0.2, 0.25) is 11.7 Å². The Morgan fingerprint density at radius 3 is 2.27 bits per heavy atom. The van der Waals surface area contributed by atoms with Crippen LogP contribution < -0.4 is 19.5 Å². The number of benzene rings is 2. The lowest BCUT2D eigenvalue weighted by Gasteiger charge is -2.25. The third-order valence-corrected chi connectivity index (χ3v) is 5.41. The average Bonchev–Trinajstić information content (AvgIpc) is 3.26. The molecule has 0 bridgehead atoms. The van der Waals surface area contributed by atoms with Crippen LogP contribution in [0.15, 0.2) is 36.4 Å². The van der Waals surface area contributed by atoms with Crippen LogP contribution in [-0.2, 0) is 4.79 Å². The van der Waals surface area contributed by atoms with Gasteiger partial charge in [-0.15, -0.1) is 0 Å². The molecule has 1 aliphatic rings. The molecule has 0 aliphatic carbocycles. The lowest BCUT2D eigenvalue weighted by atomic mass is 10.0. The molecule has 2 aromatic rings. The molecule has 7 nitrogen and oxygen atoms in total. The quantitative estimate of drug-likeness (QED) is 0.725. The molecule has 0 aromatic heterocycles. The highest BCUT2D eigenvalue weighted by Gasteiger charge is 2.30. The van der Waals surface area contributed by atoms with Gasteiger partial charge in [0.05, 0.1) is 33.9 Å². The first-order valence-corrected chi connectivity index (χ1v) is 9.99. The minimum atomic E-state index is -0.398. The van der Waals surface area contributed by atoms with E-state index in [1.165, 1.54) is 21.3 Å². The summed E-state index contributed by atoms with van der Waals surface area (Å²) in [7, 11) is 4.45. The molecule has 1 atom stereocenters. The second kappa shape index (κ2) is 9.71. The Labute approximate surface area is 180 Å². The first kappa shape index (κ1) is 21.8. The molecule has 0 radical (unpaired) electrons. The van der Waals surface area contributed by atoms with Crippen LogP contribution in [0.4, 0.5) is 0 Å². The van der Waals surface area contributed by atoms with Gasteiger partial charge in [0.1, 0.15) is 0 Å². The van der Waals surface area contributed by atoms with Crippen LogP contribution in [0.2, 0.25) is 5.02 Å². The lowest BCUT2D eigenvalue weighted by Crippen LogP contribution is -2.39. The van der Waals surface area contributed by atoms with Crippen molar-refractivity contribution in [3.63, 3.8) is 0 Å². The SMILES string of the molecule is COc1cc(C(=O)NCC(=O)N2CCCC2c2ccc(Cl)cc2)cc(OC)c1OC. The summed E-state index contributed by atoms with van der Waals surface area (Å²) in [6.07, 6.45) is 1.80. The zero-order valence-electron chi connectivity index (χ0n) is 17.2. The highest BCUT2D eigenvalue weighted by molar-refractivity contribution is 6.30. The Hall–Kier alpha value is -2.93. The number of hydrogen-bond acceptors (Lipinski definition) is 5. The topological polar surface area (TPSA) is 77.1 Å². The van der Waals surface area contributed by atoms with E-state index >= 15 is 0 Å². The second-order valence-corrected chi connectivity index (χ2v) is 7.33. The van der Waals surface area contributed by atoms with Crippen LogP contribution in [0, 0.1) is 0 Å². The molecular weight excluding hydrogens is 408 g/mol. The molecule has 160 valence electrons. The van der Waals surface area contributed by atoms with Gasteiger partial charge in [-0.3, -0.25) is 9.59 Å². The number of hydrogen-bond donors (Lipinski definition) is 1. The predicted octanol–water partition coefficient (Wildman–Crippen LogP) is 3.46. The number of carbonyl (C=O) groups is 2. The van der Waals surface area contributed by atoms with Crippen molar-refractivity contribution in [1.29, 1.82) is 0 Å². The van der Waals surface area contributed by atoms with E-state index in [9.17, 15) is 9.59 Å². The molecule has 30 heavy (non-hydrogen) atoms. The van der Waals surface area contributed by atoms with Gasteiger partial charge >= 0.3 is 0 Å². The van der Waals surface area contributed by atoms with E-state index in [4.69, 9.17) is 25.8 Å². The van der Waals surface area contributed by atoms with Crippen LogP contribution in [-0.4, -0.2) is 51.1 Å². The summed E-state index contributed by atoms with van der Waals surface area (Å²) < 4.78 is 15.8. The molecule has 1 fully saturated rings. The minimum absolute atomic E-state index is 0.00663. The number of rotatable bonds is 7. The molecule has 0 saturated carbocycles. The van der Waals surface area contributed by atoms with Gasteiger partial charge in [-0.05, 0) is 42.7 Å². The molecule has 1 N–H and O–H groups in total. The number of ether oxygens (including phenoxy) is 3. The van der Waals surface area contributed by atoms with Crippen molar-refractivity contribution in [2.24, 2.45) is 0 Å². The molecule has 0 spiro atoms. The van der Waals surface area contributed by atoms with Crippen molar-refractivity contribution >= 4 is 23.4 Å². The number of amides is 2. The van der Waals surface area contributed by atoms with E-state index in [-0.39, 0.29) is 18.5 Å². The van der Waals surface area contributed by atoms with E-state index in [0.717, 1.165) is 18.4 Å². The Morgan fingerprint density at radius 1 is 1.07 bits per heavy atom. The van der Waals surface area contributed by atoms with Crippen LogP contribution in [0.5, 0.6) is 17.2 Å². The first-order chi connectivity index (χ1) is 14.5. The number of nitrogens with zero attached hydrogens (tertiary/aromatic N) is 1. The summed E-state index contributed by atoms with van der Waals surface area (Å²) in [5.41, 5.74) is 1.36. The fourth-order valence-electron chi connectivity index (χ4n) is 3.67. The van der Waals surface area contributed by atoms with Crippen LogP contribution in [0.3, 0.4) is 0 Å². The molecule has 8 heteroatoms. The summed E-state index contributed by atoms with van der Waals surface area (Å²) in [6, 6.07) is 10.6. The maximum absolute atomic E-state index is 12.8. The Morgan fingerprint density at radius 2 is 1.70 bits per heavy atom. The molecule has 1 aliphatic heterocycles. The highest BCUT2D eigenvalue weighted by atomic mass is 35.5. The number of nitrogens with one attached hydrogen (secondary N) is 1. The summed E-state index contributed by atoms with van der Waals surface area (Å²) >= 11 is 5.97. The first-order valence-electron chi connectivity index (χ1n) is 9.61. The van der Waals surface area contributed by atoms with Gasteiger partial charge in [0.15, 0.2) is 11.5 Å². The molecule has 1 saturated heterocycles. The normalized spacial score (nSPS) is 15.6. The molecule has 2 aromatic carbocycles. The molecule has 1 unspecified atom stereocenters. The maximum atomic E-state index is 12.8. The van der Waals surface area contributed by atoms with E-state index in [2.05, 4.69) is 5.32 Å². The fraction of sp³-hybridized carbons (Fsp3) is 0.364. The average molecular weight is 433 g/mol. The molecule has 2 amide bonds. The van der Waals surface area contributed by atoms with E-state index in [1.807, 2.05) is 24.3 Å². The predicted molar refractivity (Wildman–Crippen MR) is 114 cm³/mol. The zero-order chi connectivity index (χ0) is 21.7. The largest absolute Gasteiger partial charge is 0.493 e. The lowest BCUT2D eigenvalue weighted by molar-refractivity contribution is -0.131. The molecule has 1 heterocycles. The zero-order valence-corrected chi connectivity index (χ0v) is 18.0. The van der Waals surface area contributed by atoms with Crippen molar-refractivity contribution in [2.45, 2.75) is 18.9 Å². The van der Waals surface area contributed by atoms with Gasteiger partial charge < -0.3 is 24.4 Å². The Balaban J connectivity index is 1.68. The number of methoxy groups -OCH3 is 3. The molecule has 3 rings (SSSR count). The van der Waals surface area contributed by atoms with Crippen LogP contribution >= 0.6 is 11.6 Å². The highest BCUT2D eigenvalue weighted by Crippen LogP contribution is 2.38. The van der Waals surface area contributed by atoms with Crippen molar-refractivity contribution in [1.82, 2.24) is 10.2 Å². The van der Waals surface area contributed by atoms with E-state index < -0.39 is 5.91 Å². The monoisotopic (exact) mass is 432 g/mol. The third kappa shape index (κ3) is 4.62. The fourth-order valence-corrected chi connectivity index (χ4v) is 3.79. The van der Waals surface area contributed by atoms with E-state index in [0.29, 0.717) is 34.4 Å². The minimum Gasteiger partial charge on any atom is -0.493 e. The summed E-state index contributed by atoms with van der Waals surface area (Å²) in [4.78, 5) is 27.2. The van der Waals surface area contributed by atoms with Crippen molar-refractivity contribution < 1.29 is 23.8 Å². The van der Waals surface area contributed by atoms with Gasteiger partial charge in [-0.1, -0.05) is 23.7 Å². The number of likely N-dealkylation sites (tertiary alicyclic amines) is 1. The molecular formula is C22H25ClN2O5. The van der Waals surface area contributed by atoms with Gasteiger partial charge in [-0.25, -0.2) is 0 Å². The van der Waals surface area contributed by atoms with Gasteiger partial charge in [-0.2, -0.15) is 0 Å². The van der Waals surface area contributed by atoms with Crippen molar-refractivity contribution in [3.05, 3.63) is 52.5 Å². The Bertz CT molecular complexity index is 891. The summed E-state index contributed by atoms with van der Waals surface area (Å²) in [6.45, 7) is 0.561.